The van der Waals surface area contributed by atoms with Crippen molar-refractivity contribution in [1.82, 2.24) is 15.1 Å². The van der Waals surface area contributed by atoms with E-state index >= 15 is 0 Å². The molecule has 1 fully saturated rings. The molecule has 154 valence electrons. The standard InChI is InChI=1S/C23H35N3O2/c1-5-6-10-20-21(18-9-7-8-11-19(18)28-20)22(27)24-23(2,3)12-13-26-16-14-25(4)15-17-26/h7-9,11H,5-6,10,12-17H2,1-4H3,(H,24,27). The van der Waals surface area contributed by atoms with E-state index < -0.39 is 0 Å². The van der Waals surface area contributed by atoms with Crippen LogP contribution in [0, 0.1) is 0 Å². The Balaban J connectivity index is 1.69. The molecule has 3 rings (SSSR count). The van der Waals surface area contributed by atoms with Crippen molar-refractivity contribution in [2.45, 2.75) is 52.0 Å². The van der Waals surface area contributed by atoms with Gasteiger partial charge in [-0.25, -0.2) is 0 Å². The van der Waals surface area contributed by atoms with Crippen LogP contribution in [0.5, 0.6) is 0 Å². The Morgan fingerprint density at radius 1 is 1.18 bits per heavy atom. The average molecular weight is 386 g/mol. The van der Waals surface area contributed by atoms with E-state index in [9.17, 15) is 4.79 Å². The van der Waals surface area contributed by atoms with Gasteiger partial charge in [-0.3, -0.25) is 4.79 Å². The molecular formula is C23H35N3O2. The number of benzene rings is 1. The molecule has 2 heterocycles. The molecule has 1 aromatic heterocycles. The van der Waals surface area contributed by atoms with Gasteiger partial charge < -0.3 is 19.5 Å². The number of fused-ring (bicyclic) bond motifs is 1. The van der Waals surface area contributed by atoms with Crippen LogP contribution in [-0.4, -0.2) is 61.0 Å². The highest BCUT2D eigenvalue weighted by molar-refractivity contribution is 6.07. The molecule has 5 nitrogen and oxygen atoms in total. The number of hydrogen-bond donors (Lipinski definition) is 1. The quantitative estimate of drug-likeness (QED) is 0.748. The summed E-state index contributed by atoms with van der Waals surface area (Å²) in [5.74, 6) is 0.801. The number of amides is 1. The van der Waals surface area contributed by atoms with Crippen LogP contribution >= 0.6 is 0 Å². The van der Waals surface area contributed by atoms with E-state index in [1.54, 1.807) is 0 Å². The van der Waals surface area contributed by atoms with Crippen molar-refractivity contribution in [3.63, 3.8) is 0 Å². The van der Waals surface area contributed by atoms with Gasteiger partial charge in [-0.1, -0.05) is 31.5 Å². The normalized spacial score (nSPS) is 16.6. The Hall–Kier alpha value is -1.85. The molecule has 1 aliphatic heterocycles. The summed E-state index contributed by atoms with van der Waals surface area (Å²) in [7, 11) is 2.17. The Kier molecular flexibility index (Phi) is 6.78. The van der Waals surface area contributed by atoms with Crippen LogP contribution < -0.4 is 5.32 Å². The van der Waals surface area contributed by atoms with Gasteiger partial charge in [0.2, 0.25) is 0 Å². The molecule has 1 aromatic carbocycles. The number of carbonyl (C=O) groups excluding carboxylic acids is 1. The zero-order chi connectivity index (χ0) is 20.1. The number of nitrogens with one attached hydrogen (secondary N) is 1. The summed E-state index contributed by atoms with van der Waals surface area (Å²) in [6.45, 7) is 11.9. The summed E-state index contributed by atoms with van der Waals surface area (Å²) >= 11 is 0. The molecule has 0 atom stereocenters. The average Bonchev–Trinajstić information content (AvgIpc) is 3.04. The van der Waals surface area contributed by atoms with Crippen molar-refractivity contribution in [3.05, 3.63) is 35.6 Å². The van der Waals surface area contributed by atoms with Crippen molar-refractivity contribution in [3.8, 4) is 0 Å². The second-order valence-electron chi connectivity index (χ2n) is 8.73. The van der Waals surface area contributed by atoms with Crippen molar-refractivity contribution in [2.24, 2.45) is 0 Å². The van der Waals surface area contributed by atoms with E-state index in [1.165, 1.54) is 0 Å². The van der Waals surface area contributed by atoms with E-state index in [2.05, 4.69) is 42.9 Å². The predicted molar refractivity (Wildman–Crippen MR) is 115 cm³/mol. The summed E-state index contributed by atoms with van der Waals surface area (Å²) < 4.78 is 6.03. The minimum atomic E-state index is -0.263. The van der Waals surface area contributed by atoms with Gasteiger partial charge >= 0.3 is 0 Å². The van der Waals surface area contributed by atoms with E-state index in [4.69, 9.17) is 4.42 Å². The first-order valence-electron chi connectivity index (χ1n) is 10.6. The lowest BCUT2D eigenvalue weighted by Gasteiger charge is -2.35. The van der Waals surface area contributed by atoms with Gasteiger partial charge in [-0.05, 0) is 39.8 Å². The zero-order valence-corrected chi connectivity index (χ0v) is 17.9. The molecule has 1 N–H and O–H groups in total. The molecule has 28 heavy (non-hydrogen) atoms. The lowest BCUT2D eigenvalue weighted by molar-refractivity contribution is 0.0892. The van der Waals surface area contributed by atoms with Crippen LogP contribution in [0.3, 0.4) is 0 Å². The first-order chi connectivity index (χ1) is 13.4. The number of likely N-dealkylation sites (N-methyl/N-ethyl adjacent to an activating group) is 1. The van der Waals surface area contributed by atoms with Crippen molar-refractivity contribution < 1.29 is 9.21 Å². The third-order valence-electron chi connectivity index (χ3n) is 5.75. The Morgan fingerprint density at radius 3 is 2.61 bits per heavy atom. The number of piperazine rings is 1. The lowest BCUT2D eigenvalue weighted by atomic mass is 9.98. The molecule has 0 radical (unpaired) electrons. The number of rotatable bonds is 8. The SMILES string of the molecule is CCCCc1oc2ccccc2c1C(=O)NC(C)(C)CCN1CCN(C)CC1. The van der Waals surface area contributed by atoms with Crippen LogP contribution in [0.4, 0.5) is 0 Å². The molecule has 5 heteroatoms. The second-order valence-corrected chi connectivity index (χ2v) is 8.73. The number of nitrogens with zero attached hydrogens (tertiary/aromatic N) is 2. The number of aryl methyl sites for hydroxylation is 1. The summed E-state index contributed by atoms with van der Waals surface area (Å²) in [4.78, 5) is 18.1. The fraction of sp³-hybridized carbons (Fsp3) is 0.609. The van der Waals surface area contributed by atoms with Gasteiger partial charge in [0.1, 0.15) is 11.3 Å². The number of para-hydroxylation sites is 1. The number of unbranched alkanes of at least 4 members (excludes halogenated alkanes) is 1. The molecule has 1 amide bonds. The molecular weight excluding hydrogens is 350 g/mol. The van der Waals surface area contributed by atoms with Gasteiger partial charge in [0.05, 0.1) is 5.56 Å². The van der Waals surface area contributed by atoms with Crippen LogP contribution in [0.15, 0.2) is 28.7 Å². The highest BCUT2D eigenvalue weighted by Gasteiger charge is 2.27. The largest absolute Gasteiger partial charge is 0.460 e. The van der Waals surface area contributed by atoms with Gasteiger partial charge in [-0.2, -0.15) is 0 Å². The van der Waals surface area contributed by atoms with Crippen molar-refractivity contribution >= 4 is 16.9 Å². The predicted octanol–water partition coefficient (Wildman–Crippen LogP) is 3.92. The number of furan rings is 1. The molecule has 1 aliphatic rings. The minimum Gasteiger partial charge on any atom is -0.460 e. The molecule has 0 spiro atoms. The van der Waals surface area contributed by atoms with E-state index in [1.807, 2.05) is 24.3 Å². The lowest BCUT2D eigenvalue weighted by Crippen LogP contribution is -2.49. The zero-order valence-electron chi connectivity index (χ0n) is 17.9. The molecule has 2 aromatic rings. The van der Waals surface area contributed by atoms with Crippen molar-refractivity contribution in [1.29, 1.82) is 0 Å². The monoisotopic (exact) mass is 385 g/mol. The van der Waals surface area contributed by atoms with Gasteiger partial charge in [-0.15, -0.1) is 0 Å². The first kappa shape index (κ1) is 20.9. The van der Waals surface area contributed by atoms with Crippen LogP contribution in [0.25, 0.3) is 11.0 Å². The molecule has 0 bridgehead atoms. The van der Waals surface area contributed by atoms with Gasteiger partial charge in [0, 0.05) is 50.1 Å². The maximum absolute atomic E-state index is 13.2. The third-order valence-corrected chi connectivity index (χ3v) is 5.75. The first-order valence-corrected chi connectivity index (χ1v) is 10.6. The van der Waals surface area contributed by atoms with E-state index in [-0.39, 0.29) is 11.4 Å². The van der Waals surface area contributed by atoms with Crippen molar-refractivity contribution in [2.75, 3.05) is 39.8 Å². The Bertz CT molecular complexity index is 788. The Morgan fingerprint density at radius 2 is 1.89 bits per heavy atom. The minimum absolute atomic E-state index is 0.0144. The van der Waals surface area contributed by atoms with Gasteiger partial charge in [0.15, 0.2) is 0 Å². The number of carbonyl (C=O) groups is 1. The fourth-order valence-corrected chi connectivity index (χ4v) is 3.80. The highest BCUT2D eigenvalue weighted by Crippen LogP contribution is 2.28. The molecule has 1 saturated heterocycles. The third kappa shape index (κ3) is 5.15. The summed E-state index contributed by atoms with van der Waals surface area (Å²) in [6.07, 6.45) is 3.83. The Labute approximate surface area is 169 Å². The topological polar surface area (TPSA) is 48.7 Å². The van der Waals surface area contributed by atoms with Gasteiger partial charge in [0.25, 0.3) is 5.91 Å². The van der Waals surface area contributed by atoms with Crippen LogP contribution in [0.2, 0.25) is 0 Å². The molecule has 0 unspecified atom stereocenters. The van der Waals surface area contributed by atoms with E-state index in [0.29, 0.717) is 0 Å². The molecule has 0 saturated carbocycles. The summed E-state index contributed by atoms with van der Waals surface area (Å²) in [6, 6.07) is 7.86. The highest BCUT2D eigenvalue weighted by atomic mass is 16.3. The second kappa shape index (κ2) is 9.10. The molecule has 0 aliphatic carbocycles. The van der Waals surface area contributed by atoms with Crippen LogP contribution in [0.1, 0.15) is 56.2 Å². The maximum atomic E-state index is 13.2. The van der Waals surface area contributed by atoms with E-state index in [0.717, 1.165) is 80.7 Å². The maximum Gasteiger partial charge on any atom is 0.255 e. The summed E-state index contributed by atoms with van der Waals surface area (Å²) in [5.41, 5.74) is 1.26. The summed E-state index contributed by atoms with van der Waals surface area (Å²) in [5, 5.41) is 4.20. The smallest absolute Gasteiger partial charge is 0.255 e. The van der Waals surface area contributed by atoms with Crippen LogP contribution in [-0.2, 0) is 6.42 Å². The number of hydrogen-bond acceptors (Lipinski definition) is 4. The fourth-order valence-electron chi connectivity index (χ4n) is 3.80.